The van der Waals surface area contributed by atoms with E-state index in [9.17, 15) is 5.26 Å². The van der Waals surface area contributed by atoms with Gasteiger partial charge in [0.1, 0.15) is 23.1 Å². The standard InChI is InChI=1S/C23H20N2O4/c1-3-4-16-11-19(15-5-7-17(26-2)8-6-15)20(13-24)23(25-16)29-18-9-10-21-22(12-18)28-14-27-21/h5-12H,3-4,14H2,1-2H3. The molecule has 0 unspecified atom stereocenters. The number of aromatic nitrogens is 1. The molecule has 0 N–H and O–H groups in total. The zero-order valence-corrected chi connectivity index (χ0v) is 16.3. The van der Waals surface area contributed by atoms with E-state index in [-0.39, 0.29) is 12.7 Å². The fourth-order valence-electron chi connectivity index (χ4n) is 3.19. The summed E-state index contributed by atoms with van der Waals surface area (Å²) in [6.07, 6.45) is 1.72. The van der Waals surface area contributed by atoms with Crippen molar-refractivity contribution in [2.75, 3.05) is 13.9 Å². The maximum absolute atomic E-state index is 9.88. The van der Waals surface area contributed by atoms with E-state index < -0.39 is 0 Å². The molecule has 0 spiro atoms. The largest absolute Gasteiger partial charge is 0.497 e. The van der Waals surface area contributed by atoms with E-state index in [0.29, 0.717) is 22.8 Å². The summed E-state index contributed by atoms with van der Waals surface area (Å²) in [5, 5.41) is 9.88. The zero-order valence-electron chi connectivity index (χ0n) is 16.3. The first-order valence-corrected chi connectivity index (χ1v) is 9.37. The molecule has 29 heavy (non-hydrogen) atoms. The Hall–Kier alpha value is -3.72. The van der Waals surface area contributed by atoms with Crippen molar-refractivity contribution < 1.29 is 18.9 Å². The molecular formula is C23H20N2O4. The van der Waals surface area contributed by atoms with Gasteiger partial charge in [-0.25, -0.2) is 4.98 Å². The third-order valence-corrected chi connectivity index (χ3v) is 4.62. The third-order valence-electron chi connectivity index (χ3n) is 4.62. The van der Waals surface area contributed by atoms with E-state index in [4.69, 9.17) is 18.9 Å². The van der Waals surface area contributed by atoms with Crippen LogP contribution in [0.15, 0.2) is 48.5 Å². The van der Waals surface area contributed by atoms with Gasteiger partial charge in [-0.15, -0.1) is 0 Å². The highest BCUT2D eigenvalue weighted by atomic mass is 16.7. The normalized spacial score (nSPS) is 11.8. The minimum Gasteiger partial charge on any atom is -0.497 e. The Morgan fingerprint density at radius 2 is 1.79 bits per heavy atom. The molecule has 2 heterocycles. The van der Waals surface area contributed by atoms with Crippen LogP contribution in [0.3, 0.4) is 0 Å². The number of benzene rings is 2. The highest BCUT2D eigenvalue weighted by molar-refractivity contribution is 5.73. The summed E-state index contributed by atoms with van der Waals surface area (Å²) in [5.41, 5.74) is 2.93. The van der Waals surface area contributed by atoms with Crippen molar-refractivity contribution in [3.8, 4) is 46.1 Å². The van der Waals surface area contributed by atoms with Crippen molar-refractivity contribution in [3.05, 3.63) is 59.8 Å². The number of nitrogens with zero attached hydrogens (tertiary/aromatic N) is 2. The van der Waals surface area contributed by atoms with E-state index in [0.717, 1.165) is 35.4 Å². The Balaban J connectivity index is 1.77. The Morgan fingerprint density at radius 3 is 2.52 bits per heavy atom. The highest BCUT2D eigenvalue weighted by Crippen LogP contribution is 2.38. The van der Waals surface area contributed by atoms with Crippen molar-refractivity contribution in [1.82, 2.24) is 4.98 Å². The monoisotopic (exact) mass is 388 g/mol. The number of hydrogen-bond acceptors (Lipinski definition) is 6. The fraction of sp³-hybridized carbons (Fsp3) is 0.217. The van der Waals surface area contributed by atoms with E-state index >= 15 is 0 Å². The Labute approximate surface area is 169 Å². The number of aryl methyl sites for hydroxylation is 1. The smallest absolute Gasteiger partial charge is 0.238 e. The van der Waals surface area contributed by atoms with Gasteiger partial charge in [0.05, 0.1) is 7.11 Å². The molecule has 1 aliphatic heterocycles. The fourth-order valence-corrected chi connectivity index (χ4v) is 3.19. The highest BCUT2D eigenvalue weighted by Gasteiger charge is 2.19. The summed E-state index contributed by atoms with van der Waals surface area (Å²) < 4.78 is 22.0. The molecule has 1 aromatic heterocycles. The van der Waals surface area contributed by atoms with Crippen LogP contribution in [-0.2, 0) is 6.42 Å². The van der Waals surface area contributed by atoms with Gasteiger partial charge in [-0.2, -0.15) is 5.26 Å². The molecule has 4 rings (SSSR count). The second-order valence-electron chi connectivity index (χ2n) is 6.55. The number of hydrogen-bond donors (Lipinski definition) is 0. The molecule has 0 saturated carbocycles. The average molecular weight is 388 g/mol. The summed E-state index contributed by atoms with van der Waals surface area (Å²) in [5.74, 6) is 2.85. The van der Waals surface area contributed by atoms with Crippen LogP contribution in [0.25, 0.3) is 11.1 Å². The molecule has 0 amide bonds. The summed E-state index contributed by atoms with van der Waals surface area (Å²) in [6.45, 7) is 2.28. The predicted molar refractivity (Wildman–Crippen MR) is 108 cm³/mol. The van der Waals surface area contributed by atoms with Gasteiger partial charge in [-0.05, 0) is 42.3 Å². The van der Waals surface area contributed by atoms with Crippen LogP contribution in [0.1, 0.15) is 24.6 Å². The maximum atomic E-state index is 9.88. The molecule has 3 aromatic rings. The van der Waals surface area contributed by atoms with E-state index in [1.807, 2.05) is 30.3 Å². The average Bonchev–Trinajstić information content (AvgIpc) is 3.22. The van der Waals surface area contributed by atoms with Gasteiger partial charge < -0.3 is 18.9 Å². The Morgan fingerprint density at radius 1 is 1.03 bits per heavy atom. The minimum absolute atomic E-state index is 0.189. The molecule has 0 aliphatic carbocycles. The topological polar surface area (TPSA) is 73.6 Å². The van der Waals surface area contributed by atoms with Crippen molar-refractivity contribution in [2.45, 2.75) is 19.8 Å². The molecule has 0 bridgehead atoms. The first-order valence-electron chi connectivity index (χ1n) is 9.37. The second-order valence-corrected chi connectivity index (χ2v) is 6.55. The molecule has 146 valence electrons. The van der Waals surface area contributed by atoms with Gasteiger partial charge in [0, 0.05) is 17.3 Å². The van der Waals surface area contributed by atoms with Crippen LogP contribution in [0.2, 0.25) is 0 Å². The quantitative estimate of drug-likeness (QED) is 0.585. The summed E-state index contributed by atoms with van der Waals surface area (Å²) in [7, 11) is 1.62. The van der Waals surface area contributed by atoms with Crippen LogP contribution in [-0.4, -0.2) is 18.9 Å². The van der Waals surface area contributed by atoms with Crippen LogP contribution in [0.4, 0.5) is 0 Å². The lowest BCUT2D eigenvalue weighted by Gasteiger charge is -2.13. The summed E-state index contributed by atoms with van der Waals surface area (Å²) >= 11 is 0. The third kappa shape index (κ3) is 3.81. The molecule has 0 fully saturated rings. The lowest BCUT2D eigenvalue weighted by atomic mass is 9.99. The first-order chi connectivity index (χ1) is 14.2. The summed E-state index contributed by atoms with van der Waals surface area (Å²) in [4.78, 5) is 4.60. The maximum Gasteiger partial charge on any atom is 0.238 e. The zero-order chi connectivity index (χ0) is 20.2. The van der Waals surface area contributed by atoms with E-state index in [2.05, 4.69) is 18.0 Å². The van der Waals surface area contributed by atoms with Crippen LogP contribution < -0.4 is 18.9 Å². The molecule has 0 radical (unpaired) electrons. The molecule has 0 saturated heterocycles. The van der Waals surface area contributed by atoms with Gasteiger partial charge in [-0.3, -0.25) is 0 Å². The number of pyridine rings is 1. The molecular weight excluding hydrogens is 368 g/mol. The molecule has 6 heteroatoms. The SMILES string of the molecule is CCCc1cc(-c2ccc(OC)cc2)c(C#N)c(Oc2ccc3c(c2)OCO3)n1. The first kappa shape index (κ1) is 18.6. The Kier molecular flexibility index (Phi) is 5.21. The van der Waals surface area contributed by atoms with Crippen molar-refractivity contribution in [3.63, 3.8) is 0 Å². The summed E-state index contributed by atoms with van der Waals surface area (Å²) in [6, 6.07) is 17.1. The minimum atomic E-state index is 0.189. The van der Waals surface area contributed by atoms with Crippen molar-refractivity contribution in [1.29, 1.82) is 5.26 Å². The van der Waals surface area contributed by atoms with Gasteiger partial charge in [0.25, 0.3) is 0 Å². The van der Waals surface area contributed by atoms with Crippen LogP contribution >= 0.6 is 0 Å². The van der Waals surface area contributed by atoms with E-state index in [1.54, 1.807) is 25.3 Å². The van der Waals surface area contributed by atoms with Gasteiger partial charge in [0.2, 0.25) is 12.7 Å². The predicted octanol–water partition coefficient (Wildman–Crippen LogP) is 5.10. The van der Waals surface area contributed by atoms with Gasteiger partial charge in [0.15, 0.2) is 11.5 Å². The molecule has 2 aromatic carbocycles. The second kappa shape index (κ2) is 8.11. The lowest BCUT2D eigenvalue weighted by molar-refractivity contribution is 0.174. The number of fused-ring (bicyclic) bond motifs is 1. The van der Waals surface area contributed by atoms with Crippen molar-refractivity contribution >= 4 is 0 Å². The lowest BCUT2D eigenvalue weighted by Crippen LogP contribution is -2.00. The Bertz CT molecular complexity index is 1070. The number of ether oxygens (including phenoxy) is 4. The number of rotatable bonds is 6. The van der Waals surface area contributed by atoms with Gasteiger partial charge in [-0.1, -0.05) is 25.5 Å². The van der Waals surface area contributed by atoms with Crippen LogP contribution in [0.5, 0.6) is 28.9 Å². The number of nitriles is 1. The molecule has 1 aliphatic rings. The van der Waals surface area contributed by atoms with Gasteiger partial charge >= 0.3 is 0 Å². The van der Waals surface area contributed by atoms with E-state index in [1.165, 1.54) is 0 Å². The van der Waals surface area contributed by atoms with Crippen molar-refractivity contribution in [2.24, 2.45) is 0 Å². The molecule has 0 atom stereocenters. The van der Waals surface area contributed by atoms with Crippen LogP contribution in [0, 0.1) is 11.3 Å². The number of methoxy groups -OCH3 is 1. The molecule has 6 nitrogen and oxygen atoms in total.